The van der Waals surface area contributed by atoms with Crippen molar-refractivity contribution in [1.29, 1.82) is 0 Å². The molecule has 1 aliphatic rings. The second-order valence-corrected chi connectivity index (χ2v) is 9.98. The Hall–Kier alpha value is -4.94. The van der Waals surface area contributed by atoms with E-state index in [1.807, 2.05) is 17.9 Å². The summed E-state index contributed by atoms with van der Waals surface area (Å²) >= 11 is 0. The topological polar surface area (TPSA) is 131 Å². The third-order valence-corrected chi connectivity index (χ3v) is 7.34. The molecule has 4 heterocycles. The first-order valence-electron chi connectivity index (χ1n) is 12.9. The number of piperazine rings is 1. The largest absolute Gasteiger partial charge is 0.417 e. The van der Waals surface area contributed by atoms with Crippen LogP contribution in [0.1, 0.15) is 32.7 Å². The zero-order valence-corrected chi connectivity index (χ0v) is 21.8. The SMILES string of the molecule is Cc1cccc2c(=O)[nH]nc(Cc3ccc(C(F)(F)F)c(C(=O)N4CCN(c5ccc6[nH]c(=O)[nH]c6n5)CC4)c3)c12. The summed E-state index contributed by atoms with van der Waals surface area (Å²) in [5.74, 6) is -0.124. The highest BCUT2D eigenvalue weighted by atomic mass is 19.4. The van der Waals surface area contributed by atoms with Gasteiger partial charge in [0.25, 0.3) is 11.5 Å². The number of nitrogens with zero attached hydrogens (tertiary/aromatic N) is 4. The number of aryl methyl sites for hydroxylation is 1. The number of aromatic nitrogens is 5. The molecule has 3 N–H and O–H groups in total. The van der Waals surface area contributed by atoms with Crippen molar-refractivity contribution < 1.29 is 18.0 Å². The van der Waals surface area contributed by atoms with Crippen molar-refractivity contribution in [2.75, 3.05) is 31.1 Å². The number of nitrogens with one attached hydrogen (secondary N) is 3. The van der Waals surface area contributed by atoms with Gasteiger partial charge in [-0.2, -0.15) is 18.3 Å². The number of amides is 1. The molecular weight excluding hydrogens is 539 g/mol. The average molecular weight is 564 g/mol. The minimum Gasteiger partial charge on any atom is -0.353 e. The molecule has 0 bridgehead atoms. The number of anilines is 1. The standard InChI is InChI=1S/C28H24F3N7O3/c1-15-3-2-4-17-23(15)21(35-36-25(17)39)14-16-5-6-19(28(29,30)31)18(13-16)26(40)38-11-9-37(10-12-38)22-8-7-20-24(33-22)34-27(41)32-20/h2-8,13H,9-12,14H2,1H3,(H,36,39)(H2,32,33,34,41). The zero-order valence-electron chi connectivity index (χ0n) is 21.8. The van der Waals surface area contributed by atoms with Gasteiger partial charge in [0, 0.05) is 38.0 Å². The Bertz CT molecular complexity index is 1920. The molecule has 0 spiro atoms. The predicted octanol–water partition coefficient (Wildman–Crippen LogP) is 3.37. The number of benzene rings is 2. The Morgan fingerprint density at radius 3 is 2.54 bits per heavy atom. The van der Waals surface area contributed by atoms with E-state index >= 15 is 0 Å². The molecule has 10 nitrogen and oxygen atoms in total. The van der Waals surface area contributed by atoms with Gasteiger partial charge in [0.05, 0.1) is 27.7 Å². The molecule has 1 aliphatic heterocycles. The van der Waals surface area contributed by atoms with Gasteiger partial charge < -0.3 is 14.8 Å². The van der Waals surface area contributed by atoms with Crippen LogP contribution in [-0.2, 0) is 12.6 Å². The highest BCUT2D eigenvalue weighted by Crippen LogP contribution is 2.34. The van der Waals surface area contributed by atoms with Crippen LogP contribution in [0, 0.1) is 6.92 Å². The molecular formula is C28H24F3N7O3. The van der Waals surface area contributed by atoms with Crippen molar-refractivity contribution in [1.82, 2.24) is 30.0 Å². The number of pyridine rings is 1. The summed E-state index contributed by atoms with van der Waals surface area (Å²) in [6.45, 7) is 2.92. The second-order valence-electron chi connectivity index (χ2n) is 9.98. The van der Waals surface area contributed by atoms with E-state index < -0.39 is 23.2 Å². The molecule has 2 aromatic carbocycles. The van der Waals surface area contributed by atoms with E-state index in [-0.39, 0.29) is 30.8 Å². The van der Waals surface area contributed by atoms with Gasteiger partial charge in [-0.25, -0.2) is 14.9 Å². The van der Waals surface area contributed by atoms with Crippen LogP contribution in [0.4, 0.5) is 19.0 Å². The summed E-state index contributed by atoms with van der Waals surface area (Å²) in [6, 6.07) is 12.2. The maximum absolute atomic E-state index is 14.0. The second kappa shape index (κ2) is 9.91. The lowest BCUT2D eigenvalue weighted by Crippen LogP contribution is -2.49. The van der Waals surface area contributed by atoms with Crippen LogP contribution in [0.15, 0.2) is 58.1 Å². The van der Waals surface area contributed by atoms with Gasteiger partial charge >= 0.3 is 11.9 Å². The Balaban J connectivity index is 1.27. The number of carbonyl (C=O) groups is 1. The van der Waals surface area contributed by atoms with E-state index in [4.69, 9.17) is 0 Å². The summed E-state index contributed by atoms with van der Waals surface area (Å²) in [6.07, 6.45) is -4.60. The van der Waals surface area contributed by atoms with E-state index in [9.17, 15) is 27.6 Å². The molecule has 0 radical (unpaired) electrons. The average Bonchev–Trinajstić information content (AvgIpc) is 3.33. The van der Waals surface area contributed by atoms with Crippen molar-refractivity contribution in [3.05, 3.63) is 97.3 Å². The molecule has 1 fully saturated rings. The molecule has 0 atom stereocenters. The molecule has 210 valence electrons. The first kappa shape index (κ1) is 26.3. The zero-order chi connectivity index (χ0) is 28.9. The predicted molar refractivity (Wildman–Crippen MR) is 146 cm³/mol. The highest BCUT2D eigenvalue weighted by molar-refractivity contribution is 5.96. The van der Waals surface area contributed by atoms with Gasteiger partial charge in [0.2, 0.25) is 0 Å². The molecule has 6 rings (SSSR count). The number of fused-ring (bicyclic) bond motifs is 2. The first-order chi connectivity index (χ1) is 19.6. The minimum atomic E-state index is -4.72. The fourth-order valence-corrected chi connectivity index (χ4v) is 5.31. The Kier molecular flexibility index (Phi) is 6.36. The molecule has 0 aliphatic carbocycles. The van der Waals surface area contributed by atoms with Gasteiger partial charge in [-0.15, -0.1) is 0 Å². The summed E-state index contributed by atoms with van der Waals surface area (Å²) < 4.78 is 42.0. The maximum atomic E-state index is 14.0. The van der Waals surface area contributed by atoms with Crippen molar-refractivity contribution in [2.24, 2.45) is 0 Å². The van der Waals surface area contributed by atoms with Crippen LogP contribution in [0.2, 0.25) is 0 Å². The quantitative estimate of drug-likeness (QED) is 0.307. The van der Waals surface area contributed by atoms with Crippen molar-refractivity contribution in [3.8, 4) is 0 Å². The Labute approximate surface area is 229 Å². The van der Waals surface area contributed by atoms with E-state index in [0.29, 0.717) is 52.1 Å². The highest BCUT2D eigenvalue weighted by Gasteiger charge is 2.37. The lowest BCUT2D eigenvalue weighted by Gasteiger charge is -2.35. The third-order valence-electron chi connectivity index (χ3n) is 7.34. The number of alkyl halides is 3. The Morgan fingerprint density at radius 2 is 1.78 bits per heavy atom. The number of halogens is 3. The van der Waals surface area contributed by atoms with Crippen LogP contribution in [-0.4, -0.2) is 62.1 Å². The molecule has 0 saturated carbocycles. The van der Waals surface area contributed by atoms with E-state index in [0.717, 1.165) is 11.6 Å². The lowest BCUT2D eigenvalue weighted by molar-refractivity contribution is -0.138. The third kappa shape index (κ3) is 4.94. The number of rotatable bonds is 4. The van der Waals surface area contributed by atoms with Gasteiger partial charge in [-0.1, -0.05) is 18.2 Å². The number of carbonyl (C=O) groups excluding carboxylic acids is 1. The number of aromatic amines is 3. The van der Waals surface area contributed by atoms with Crippen LogP contribution >= 0.6 is 0 Å². The van der Waals surface area contributed by atoms with Crippen LogP contribution < -0.4 is 16.1 Å². The normalized spacial score (nSPS) is 14.2. The van der Waals surface area contributed by atoms with Crippen LogP contribution in [0.3, 0.4) is 0 Å². The lowest BCUT2D eigenvalue weighted by atomic mass is 9.97. The fourth-order valence-electron chi connectivity index (χ4n) is 5.31. The fraction of sp³-hybridized carbons (Fsp3) is 0.250. The van der Waals surface area contributed by atoms with Crippen molar-refractivity contribution in [2.45, 2.75) is 19.5 Å². The van der Waals surface area contributed by atoms with Gasteiger partial charge in [-0.05, 0) is 48.4 Å². The summed E-state index contributed by atoms with van der Waals surface area (Å²) in [4.78, 5) is 50.3. The van der Waals surface area contributed by atoms with E-state index in [1.165, 1.54) is 17.0 Å². The van der Waals surface area contributed by atoms with E-state index in [1.54, 1.807) is 24.3 Å². The smallest absolute Gasteiger partial charge is 0.353 e. The molecule has 0 unspecified atom stereocenters. The molecule has 3 aromatic heterocycles. The molecule has 41 heavy (non-hydrogen) atoms. The Morgan fingerprint density at radius 1 is 1.00 bits per heavy atom. The summed E-state index contributed by atoms with van der Waals surface area (Å²) in [5.41, 5.74) is 0.568. The molecule has 1 saturated heterocycles. The number of hydrogen-bond acceptors (Lipinski definition) is 6. The molecule has 5 aromatic rings. The monoisotopic (exact) mass is 563 g/mol. The van der Waals surface area contributed by atoms with Crippen molar-refractivity contribution >= 4 is 33.7 Å². The number of hydrogen-bond donors (Lipinski definition) is 3. The maximum Gasteiger partial charge on any atom is 0.417 e. The molecule has 13 heteroatoms. The van der Waals surface area contributed by atoms with Gasteiger partial charge in [0.15, 0.2) is 5.65 Å². The van der Waals surface area contributed by atoms with Gasteiger partial charge in [-0.3, -0.25) is 14.6 Å². The number of imidazole rings is 1. The number of H-pyrrole nitrogens is 3. The molecule has 1 amide bonds. The van der Waals surface area contributed by atoms with Gasteiger partial charge in [0.1, 0.15) is 5.82 Å². The van der Waals surface area contributed by atoms with Crippen LogP contribution in [0.25, 0.3) is 21.9 Å². The minimum absolute atomic E-state index is 0.125. The van der Waals surface area contributed by atoms with Crippen LogP contribution in [0.5, 0.6) is 0 Å². The first-order valence-corrected chi connectivity index (χ1v) is 12.9. The summed E-state index contributed by atoms with van der Waals surface area (Å²) in [7, 11) is 0. The van der Waals surface area contributed by atoms with Crippen molar-refractivity contribution in [3.63, 3.8) is 0 Å². The van der Waals surface area contributed by atoms with E-state index in [2.05, 4.69) is 25.1 Å². The summed E-state index contributed by atoms with van der Waals surface area (Å²) in [5, 5.41) is 7.69.